The van der Waals surface area contributed by atoms with Crippen LogP contribution in [0.15, 0.2) is 24.3 Å². The van der Waals surface area contributed by atoms with Crippen LogP contribution in [0.25, 0.3) is 6.08 Å². The first-order valence-corrected chi connectivity index (χ1v) is 8.35. The summed E-state index contributed by atoms with van der Waals surface area (Å²) in [5, 5.41) is 0.938. The highest BCUT2D eigenvalue weighted by Gasteiger charge is 2.27. The lowest BCUT2D eigenvalue weighted by molar-refractivity contribution is -0.150. The van der Waals surface area contributed by atoms with Crippen LogP contribution >= 0.6 is 23.2 Å². The van der Waals surface area contributed by atoms with Crippen LogP contribution in [0.3, 0.4) is 0 Å². The van der Waals surface area contributed by atoms with Gasteiger partial charge in [0, 0.05) is 19.2 Å². The van der Waals surface area contributed by atoms with Crippen molar-refractivity contribution in [3.05, 3.63) is 39.9 Å². The molecule has 2 rings (SSSR count). The highest BCUT2D eigenvalue weighted by atomic mass is 35.5. The lowest BCUT2D eigenvalue weighted by Crippen LogP contribution is -2.39. The van der Waals surface area contributed by atoms with Crippen LogP contribution in [-0.4, -0.2) is 36.5 Å². The van der Waals surface area contributed by atoms with E-state index in [0.717, 1.165) is 5.56 Å². The quantitative estimate of drug-likeness (QED) is 0.609. The van der Waals surface area contributed by atoms with Crippen LogP contribution < -0.4 is 0 Å². The van der Waals surface area contributed by atoms with Gasteiger partial charge in [0.25, 0.3) is 0 Å². The van der Waals surface area contributed by atoms with Gasteiger partial charge in [0.2, 0.25) is 5.91 Å². The van der Waals surface area contributed by atoms with Gasteiger partial charge in [-0.1, -0.05) is 29.3 Å². The van der Waals surface area contributed by atoms with Crippen LogP contribution in [0.5, 0.6) is 0 Å². The molecule has 1 aromatic carbocycles. The zero-order valence-corrected chi connectivity index (χ0v) is 14.4. The zero-order valence-electron chi connectivity index (χ0n) is 12.9. The van der Waals surface area contributed by atoms with Crippen LogP contribution in [-0.2, 0) is 14.3 Å². The molecule has 6 heteroatoms. The number of likely N-dealkylation sites (tertiary alicyclic amines) is 1. The zero-order chi connectivity index (χ0) is 16.8. The van der Waals surface area contributed by atoms with E-state index in [-0.39, 0.29) is 17.8 Å². The van der Waals surface area contributed by atoms with Crippen LogP contribution in [0.2, 0.25) is 10.0 Å². The maximum atomic E-state index is 12.2. The summed E-state index contributed by atoms with van der Waals surface area (Å²) < 4.78 is 5.02. The Labute approximate surface area is 146 Å². The summed E-state index contributed by atoms with van der Waals surface area (Å²) >= 11 is 11.8. The summed E-state index contributed by atoms with van der Waals surface area (Å²) in [6, 6.07) is 5.20. The van der Waals surface area contributed by atoms with E-state index in [2.05, 4.69) is 0 Å². The van der Waals surface area contributed by atoms with E-state index in [0.29, 0.717) is 42.6 Å². The normalized spacial score (nSPS) is 15.9. The van der Waals surface area contributed by atoms with Gasteiger partial charge >= 0.3 is 5.97 Å². The molecular formula is C17H19Cl2NO3. The van der Waals surface area contributed by atoms with Crippen LogP contribution in [0.1, 0.15) is 25.3 Å². The molecule has 0 N–H and O–H groups in total. The van der Waals surface area contributed by atoms with Crippen molar-refractivity contribution in [1.29, 1.82) is 0 Å². The van der Waals surface area contributed by atoms with E-state index >= 15 is 0 Å². The molecule has 23 heavy (non-hydrogen) atoms. The monoisotopic (exact) mass is 355 g/mol. The lowest BCUT2D eigenvalue weighted by atomic mass is 9.97. The third kappa shape index (κ3) is 4.98. The molecule has 0 aromatic heterocycles. The van der Waals surface area contributed by atoms with E-state index in [1.807, 2.05) is 0 Å². The molecule has 0 spiro atoms. The van der Waals surface area contributed by atoms with Gasteiger partial charge < -0.3 is 9.64 Å². The maximum absolute atomic E-state index is 12.2. The minimum absolute atomic E-state index is 0.0709. The average molecular weight is 356 g/mol. The van der Waals surface area contributed by atoms with Gasteiger partial charge in [-0.15, -0.1) is 0 Å². The Bertz CT molecular complexity index is 608. The summed E-state index contributed by atoms with van der Waals surface area (Å²) in [6.07, 6.45) is 4.52. The Hall–Kier alpha value is -1.52. The number of ether oxygens (including phenoxy) is 1. The van der Waals surface area contributed by atoms with Gasteiger partial charge in [0.15, 0.2) is 0 Å². The Kier molecular flexibility index (Phi) is 6.48. The second-order valence-electron chi connectivity index (χ2n) is 5.36. The summed E-state index contributed by atoms with van der Waals surface area (Å²) in [5.74, 6) is -0.331. The minimum Gasteiger partial charge on any atom is -0.466 e. The van der Waals surface area contributed by atoms with Gasteiger partial charge in [-0.3, -0.25) is 9.59 Å². The van der Waals surface area contributed by atoms with Crippen molar-refractivity contribution in [3.8, 4) is 0 Å². The fourth-order valence-electron chi connectivity index (χ4n) is 2.48. The van der Waals surface area contributed by atoms with Gasteiger partial charge in [0.1, 0.15) is 0 Å². The number of hydrogen-bond acceptors (Lipinski definition) is 3. The van der Waals surface area contributed by atoms with Crippen molar-refractivity contribution in [2.75, 3.05) is 19.7 Å². The molecule has 1 fully saturated rings. The number of benzene rings is 1. The van der Waals surface area contributed by atoms with Crippen molar-refractivity contribution in [2.24, 2.45) is 5.92 Å². The molecule has 0 aliphatic carbocycles. The Balaban J connectivity index is 1.88. The first kappa shape index (κ1) is 17.8. The molecule has 124 valence electrons. The summed E-state index contributed by atoms with van der Waals surface area (Å²) in [4.78, 5) is 25.6. The number of carbonyl (C=O) groups excluding carboxylic acids is 2. The number of esters is 1. The maximum Gasteiger partial charge on any atom is 0.309 e. The third-order valence-corrected chi connectivity index (χ3v) is 4.53. The first-order valence-electron chi connectivity index (χ1n) is 7.60. The molecule has 1 aliphatic rings. The number of carbonyl (C=O) groups is 2. The minimum atomic E-state index is -0.161. The number of piperidine rings is 1. The molecule has 1 amide bonds. The van der Waals surface area contributed by atoms with Crippen molar-refractivity contribution in [2.45, 2.75) is 19.8 Å². The molecule has 1 heterocycles. The van der Waals surface area contributed by atoms with E-state index in [1.165, 1.54) is 6.08 Å². The first-order chi connectivity index (χ1) is 11.0. The lowest BCUT2D eigenvalue weighted by Gasteiger charge is -2.30. The summed E-state index contributed by atoms with van der Waals surface area (Å²) in [6.45, 7) is 3.32. The van der Waals surface area contributed by atoms with Crippen molar-refractivity contribution < 1.29 is 14.3 Å². The molecule has 1 aliphatic heterocycles. The van der Waals surface area contributed by atoms with Crippen LogP contribution in [0.4, 0.5) is 0 Å². The molecule has 0 radical (unpaired) electrons. The largest absolute Gasteiger partial charge is 0.466 e. The van der Waals surface area contributed by atoms with E-state index < -0.39 is 0 Å². The Morgan fingerprint density at radius 2 is 1.96 bits per heavy atom. The molecule has 4 nitrogen and oxygen atoms in total. The van der Waals surface area contributed by atoms with Gasteiger partial charge in [-0.2, -0.15) is 0 Å². The fraction of sp³-hybridized carbons (Fsp3) is 0.412. The average Bonchev–Trinajstić information content (AvgIpc) is 2.56. The predicted molar refractivity (Wildman–Crippen MR) is 91.4 cm³/mol. The smallest absolute Gasteiger partial charge is 0.309 e. The Morgan fingerprint density at radius 3 is 2.57 bits per heavy atom. The van der Waals surface area contributed by atoms with Gasteiger partial charge in [0.05, 0.1) is 22.6 Å². The van der Waals surface area contributed by atoms with Gasteiger partial charge in [-0.05, 0) is 43.5 Å². The third-order valence-electron chi connectivity index (χ3n) is 3.79. The number of amides is 1. The number of halogens is 2. The molecule has 0 unspecified atom stereocenters. The van der Waals surface area contributed by atoms with Gasteiger partial charge in [-0.25, -0.2) is 0 Å². The van der Waals surface area contributed by atoms with Crippen molar-refractivity contribution >= 4 is 41.2 Å². The number of hydrogen-bond donors (Lipinski definition) is 0. The Morgan fingerprint density at radius 1 is 1.26 bits per heavy atom. The van der Waals surface area contributed by atoms with Crippen molar-refractivity contribution in [1.82, 2.24) is 4.90 Å². The SMILES string of the molecule is CCOC(=O)C1CCN(C(=O)/C=C/c2ccc(Cl)c(Cl)c2)CC1. The molecule has 0 bridgehead atoms. The molecular weight excluding hydrogens is 337 g/mol. The highest BCUT2D eigenvalue weighted by Crippen LogP contribution is 2.23. The second-order valence-corrected chi connectivity index (χ2v) is 6.17. The fourth-order valence-corrected chi connectivity index (χ4v) is 2.79. The highest BCUT2D eigenvalue weighted by molar-refractivity contribution is 6.42. The summed E-state index contributed by atoms with van der Waals surface area (Å²) in [5.41, 5.74) is 0.814. The van der Waals surface area contributed by atoms with E-state index in [1.54, 1.807) is 36.1 Å². The number of nitrogens with zero attached hydrogens (tertiary/aromatic N) is 1. The van der Waals surface area contributed by atoms with E-state index in [4.69, 9.17) is 27.9 Å². The molecule has 1 saturated heterocycles. The summed E-state index contributed by atoms with van der Waals surface area (Å²) in [7, 11) is 0. The predicted octanol–water partition coefficient (Wildman–Crippen LogP) is 3.81. The van der Waals surface area contributed by atoms with Crippen molar-refractivity contribution in [3.63, 3.8) is 0 Å². The van der Waals surface area contributed by atoms with Crippen LogP contribution in [0, 0.1) is 5.92 Å². The molecule has 1 aromatic rings. The molecule has 0 atom stereocenters. The number of rotatable bonds is 4. The molecule has 0 saturated carbocycles. The standard InChI is InChI=1S/C17H19Cl2NO3/c1-2-23-17(22)13-7-9-20(10-8-13)16(21)6-4-12-3-5-14(18)15(19)11-12/h3-6,11,13H,2,7-10H2,1H3/b6-4+. The van der Waals surface area contributed by atoms with E-state index in [9.17, 15) is 9.59 Å². The topological polar surface area (TPSA) is 46.6 Å². The second kappa shape index (κ2) is 8.37.